The molecule has 4 rings (SSSR count). The first kappa shape index (κ1) is 16.3. The van der Waals surface area contributed by atoms with Crippen molar-refractivity contribution in [1.29, 1.82) is 0 Å². The Kier molecular flexibility index (Phi) is 3.70. The Morgan fingerprint density at radius 2 is 1.73 bits per heavy atom. The van der Waals surface area contributed by atoms with E-state index in [1.165, 1.54) is 0 Å². The van der Waals surface area contributed by atoms with Crippen LogP contribution in [0.2, 0.25) is 0 Å². The minimum Gasteiger partial charge on any atom is -0.454 e. The zero-order chi connectivity index (χ0) is 16.2. The van der Waals surface area contributed by atoms with Crippen molar-refractivity contribution in [2.75, 3.05) is 0 Å². The van der Waals surface area contributed by atoms with Gasteiger partial charge in [-0.2, -0.15) is 8.78 Å². The van der Waals surface area contributed by atoms with Crippen LogP contribution in [-0.2, 0) is 18.9 Å². The van der Waals surface area contributed by atoms with Crippen molar-refractivity contribution in [2.24, 2.45) is 5.92 Å². The Balaban J connectivity index is 1.76. The molecule has 2 atom stereocenters. The minimum absolute atomic E-state index is 0.0304. The number of hydrogen-bond acceptors (Lipinski definition) is 8. The van der Waals surface area contributed by atoms with Crippen molar-refractivity contribution >= 4 is 18.0 Å². The second-order valence-corrected chi connectivity index (χ2v) is 7.59. The van der Waals surface area contributed by atoms with Gasteiger partial charge in [-0.1, -0.05) is 5.04 Å². The lowest BCUT2D eigenvalue weighted by Crippen LogP contribution is -2.67. The maximum atomic E-state index is 13.5. The maximum Gasteiger partial charge on any atom is 0.415 e. The molecular weight excluding hydrogens is 326 g/mol. The second kappa shape index (κ2) is 4.99. The van der Waals surface area contributed by atoms with Gasteiger partial charge in [0, 0.05) is 19.3 Å². The molecule has 22 heavy (non-hydrogen) atoms. The van der Waals surface area contributed by atoms with Crippen LogP contribution in [0, 0.1) is 5.92 Å². The van der Waals surface area contributed by atoms with Gasteiger partial charge in [-0.3, -0.25) is 0 Å². The normalized spacial score (nSPS) is 43.4. The Morgan fingerprint density at radius 3 is 2.23 bits per heavy atom. The fourth-order valence-corrected chi connectivity index (χ4v) is 4.94. The molecule has 0 amide bonds. The summed E-state index contributed by atoms with van der Waals surface area (Å²) in [5, 5.41) is 27.8. The van der Waals surface area contributed by atoms with Gasteiger partial charge in [-0.15, -0.1) is 4.33 Å². The van der Waals surface area contributed by atoms with E-state index in [0.717, 1.165) is 0 Å². The van der Waals surface area contributed by atoms with Crippen LogP contribution in [0.4, 0.5) is 8.78 Å². The van der Waals surface area contributed by atoms with Crippen molar-refractivity contribution in [3.05, 3.63) is 0 Å². The second-order valence-electron chi connectivity index (χ2n) is 6.77. The molecule has 3 N–H and O–H groups in total. The topological polar surface area (TPSA) is 105 Å². The summed E-state index contributed by atoms with van der Waals surface area (Å²) in [5.74, 6) is -1.93. The molecule has 0 aromatic carbocycles. The van der Waals surface area contributed by atoms with Crippen LogP contribution >= 0.6 is 12.0 Å². The van der Waals surface area contributed by atoms with Gasteiger partial charge in [-0.25, -0.2) is 10.1 Å². The highest BCUT2D eigenvalue weighted by Crippen LogP contribution is 2.60. The average molecular weight is 342 g/mol. The number of aliphatic hydroxyl groups is 2. The molecule has 0 radical (unpaired) electrons. The zero-order valence-electron chi connectivity index (χ0n) is 11.5. The molecule has 2 unspecified atom stereocenters. The van der Waals surface area contributed by atoms with E-state index in [0.29, 0.717) is 19.3 Å². The Morgan fingerprint density at radius 1 is 1.14 bits per heavy atom. The molecule has 4 saturated carbocycles. The van der Waals surface area contributed by atoms with E-state index in [9.17, 15) is 23.8 Å². The summed E-state index contributed by atoms with van der Waals surface area (Å²) in [6, 6.07) is 0. The van der Waals surface area contributed by atoms with Crippen molar-refractivity contribution in [3.8, 4) is 0 Å². The summed E-state index contributed by atoms with van der Waals surface area (Å²) in [6.07, 6.45) is 1.51. The third-order valence-electron chi connectivity index (χ3n) is 4.67. The Labute approximate surface area is 128 Å². The Bertz CT molecular complexity index is 470. The van der Waals surface area contributed by atoms with Crippen LogP contribution in [0.3, 0.4) is 0 Å². The lowest BCUT2D eigenvalue weighted by atomic mass is 9.50. The van der Waals surface area contributed by atoms with Gasteiger partial charge in [0.1, 0.15) is 17.6 Å². The van der Waals surface area contributed by atoms with E-state index in [4.69, 9.17) is 9.99 Å². The number of alkyl halides is 2. The lowest BCUT2D eigenvalue weighted by Gasteiger charge is -2.62. The van der Waals surface area contributed by atoms with Gasteiger partial charge in [0.2, 0.25) is 0 Å². The predicted molar refractivity (Wildman–Crippen MR) is 67.3 cm³/mol. The van der Waals surface area contributed by atoms with Gasteiger partial charge in [0.25, 0.3) is 0 Å². The molecule has 126 valence electrons. The van der Waals surface area contributed by atoms with Crippen molar-refractivity contribution in [2.45, 2.75) is 60.6 Å². The molecular formula is C12H16F2O7S. The first-order valence-corrected chi connectivity index (χ1v) is 7.56. The van der Waals surface area contributed by atoms with Crippen LogP contribution in [0.25, 0.3) is 0 Å². The fraction of sp³-hybridized carbons (Fsp3) is 0.917. The van der Waals surface area contributed by atoms with Crippen molar-refractivity contribution in [1.82, 2.24) is 0 Å². The van der Waals surface area contributed by atoms with Gasteiger partial charge in [-0.05, 0) is 25.2 Å². The van der Waals surface area contributed by atoms with Crippen LogP contribution in [0.15, 0.2) is 0 Å². The highest BCUT2D eigenvalue weighted by molar-refractivity contribution is 7.96. The molecule has 0 aliphatic heterocycles. The molecule has 4 fully saturated rings. The molecule has 0 heterocycles. The third-order valence-corrected chi connectivity index (χ3v) is 5.18. The lowest BCUT2D eigenvalue weighted by molar-refractivity contribution is -0.433. The molecule has 4 aliphatic carbocycles. The number of carbonyl (C=O) groups is 1. The van der Waals surface area contributed by atoms with Crippen LogP contribution in [-0.4, -0.2) is 43.5 Å². The molecule has 0 aromatic heterocycles. The Hall–Kier alpha value is -0.520. The van der Waals surface area contributed by atoms with E-state index < -0.39 is 40.1 Å². The van der Waals surface area contributed by atoms with Gasteiger partial charge >= 0.3 is 11.2 Å². The van der Waals surface area contributed by atoms with Crippen LogP contribution in [0.5, 0.6) is 0 Å². The number of ether oxygens (including phenoxy) is 1. The highest BCUT2D eigenvalue weighted by Gasteiger charge is 2.65. The molecule has 0 aromatic rings. The molecule has 0 saturated heterocycles. The SMILES string of the molecule is O=C(OC12CC3CC(O)(CC(O)(C3)C1)C2)C(F)(F)SOOO. The van der Waals surface area contributed by atoms with Crippen LogP contribution in [0.1, 0.15) is 38.5 Å². The van der Waals surface area contributed by atoms with E-state index in [2.05, 4.69) is 9.37 Å². The summed E-state index contributed by atoms with van der Waals surface area (Å²) in [5.41, 5.74) is -3.69. The first-order valence-electron chi connectivity index (χ1n) is 6.81. The molecule has 7 nitrogen and oxygen atoms in total. The van der Waals surface area contributed by atoms with Gasteiger partial charge in [0.15, 0.2) is 0 Å². The molecule has 4 aliphatic rings. The maximum absolute atomic E-state index is 13.5. The van der Waals surface area contributed by atoms with Crippen LogP contribution < -0.4 is 0 Å². The van der Waals surface area contributed by atoms with Crippen molar-refractivity contribution in [3.63, 3.8) is 0 Å². The number of rotatable bonds is 5. The first-order chi connectivity index (χ1) is 10.1. The van der Waals surface area contributed by atoms with Crippen molar-refractivity contribution < 1.29 is 43.2 Å². The summed E-state index contributed by atoms with van der Waals surface area (Å²) in [6.45, 7) is 0. The summed E-state index contributed by atoms with van der Waals surface area (Å²) in [4.78, 5) is 11.7. The quantitative estimate of drug-likeness (QED) is 0.298. The smallest absolute Gasteiger partial charge is 0.415 e. The monoisotopic (exact) mass is 342 g/mol. The number of esters is 1. The summed E-state index contributed by atoms with van der Waals surface area (Å²) in [7, 11) is 0. The van der Waals surface area contributed by atoms with E-state index >= 15 is 0 Å². The highest BCUT2D eigenvalue weighted by atomic mass is 32.2. The predicted octanol–water partition coefficient (Wildman–Crippen LogP) is 1.39. The number of halogens is 2. The fourth-order valence-electron chi connectivity index (χ4n) is 4.71. The molecule has 0 spiro atoms. The third kappa shape index (κ3) is 2.83. The molecule has 10 heteroatoms. The van der Waals surface area contributed by atoms with E-state index in [1.807, 2.05) is 0 Å². The largest absolute Gasteiger partial charge is 0.454 e. The van der Waals surface area contributed by atoms with E-state index in [1.54, 1.807) is 0 Å². The van der Waals surface area contributed by atoms with E-state index in [-0.39, 0.29) is 25.2 Å². The standard InChI is InChI=1S/C12H16F2O7S/c13-12(14,22-21-20-18)8(15)19-11-3-7-1-9(16,5-11)4-10(17,2-7)6-11/h7,16-18H,1-6H2. The molecule has 4 bridgehead atoms. The summed E-state index contributed by atoms with van der Waals surface area (Å²) < 4.78 is 35.7. The van der Waals surface area contributed by atoms with Gasteiger partial charge < -0.3 is 14.9 Å². The minimum atomic E-state index is -4.09. The number of carbonyl (C=O) groups excluding carboxylic acids is 1. The summed E-state index contributed by atoms with van der Waals surface area (Å²) >= 11 is -0.691. The average Bonchev–Trinajstić information content (AvgIpc) is 2.31. The zero-order valence-corrected chi connectivity index (χ0v) is 12.3. The number of hydrogen-bond donors (Lipinski definition) is 3. The van der Waals surface area contributed by atoms with Gasteiger partial charge in [0.05, 0.1) is 11.2 Å².